The molecule has 0 aromatic heterocycles. The van der Waals surface area contributed by atoms with Gasteiger partial charge in [0.1, 0.15) is 0 Å². The lowest BCUT2D eigenvalue weighted by Crippen LogP contribution is -2.30. The van der Waals surface area contributed by atoms with Crippen LogP contribution in [0.5, 0.6) is 0 Å². The SMILES string of the molecule is Cc1ccc(N(Sc2ccc(Cl)cc2)[C@H]2C=CS(=O)(=O)C2)cc1. The fourth-order valence-corrected chi connectivity index (χ4v) is 4.80. The molecule has 2 aromatic rings. The molecule has 0 saturated carbocycles. The molecular weight excluding hydrogens is 350 g/mol. The minimum atomic E-state index is -3.11. The highest BCUT2D eigenvalue weighted by molar-refractivity contribution is 8.01. The molecule has 1 atom stereocenters. The predicted octanol–water partition coefficient (Wildman–Crippen LogP) is 4.47. The van der Waals surface area contributed by atoms with Crippen LogP contribution in [0.15, 0.2) is 64.9 Å². The zero-order chi connectivity index (χ0) is 16.4. The Morgan fingerprint density at radius 3 is 2.30 bits per heavy atom. The van der Waals surface area contributed by atoms with Crippen LogP contribution in [-0.2, 0) is 9.84 Å². The second kappa shape index (κ2) is 6.59. The van der Waals surface area contributed by atoms with Gasteiger partial charge in [0.25, 0.3) is 0 Å². The molecule has 0 bridgehead atoms. The van der Waals surface area contributed by atoms with E-state index in [1.807, 2.05) is 59.8 Å². The summed E-state index contributed by atoms with van der Waals surface area (Å²) in [6.07, 6.45) is 1.75. The van der Waals surface area contributed by atoms with Gasteiger partial charge in [-0.1, -0.05) is 29.3 Å². The number of nitrogens with zero attached hydrogens (tertiary/aromatic N) is 1. The molecule has 3 rings (SSSR count). The molecule has 0 aliphatic carbocycles. The average Bonchev–Trinajstić information content (AvgIpc) is 2.88. The molecule has 0 saturated heterocycles. The van der Waals surface area contributed by atoms with Gasteiger partial charge in [-0.05, 0) is 61.3 Å². The summed E-state index contributed by atoms with van der Waals surface area (Å²) in [6, 6.07) is 15.4. The third kappa shape index (κ3) is 4.10. The molecule has 120 valence electrons. The summed E-state index contributed by atoms with van der Waals surface area (Å²) in [5.41, 5.74) is 2.14. The summed E-state index contributed by atoms with van der Waals surface area (Å²) in [6.45, 7) is 2.03. The Morgan fingerprint density at radius 2 is 1.74 bits per heavy atom. The minimum absolute atomic E-state index is 0.0987. The van der Waals surface area contributed by atoms with Gasteiger partial charge in [0, 0.05) is 21.0 Å². The van der Waals surface area contributed by atoms with Crippen molar-refractivity contribution < 1.29 is 8.42 Å². The standard InChI is InChI=1S/C17H16ClNO2S2/c1-13-2-6-15(7-3-13)19(16-10-11-23(20,21)12-16)22-17-8-4-14(18)5-9-17/h2-11,16H,12H2,1H3/t16-/m0/s1. The zero-order valence-electron chi connectivity index (χ0n) is 12.5. The lowest BCUT2D eigenvalue weighted by Gasteiger charge is -2.28. The fourth-order valence-electron chi connectivity index (χ4n) is 2.32. The summed E-state index contributed by atoms with van der Waals surface area (Å²) in [4.78, 5) is 1.01. The van der Waals surface area contributed by atoms with Crippen molar-refractivity contribution in [2.45, 2.75) is 17.9 Å². The van der Waals surface area contributed by atoms with Crippen LogP contribution < -0.4 is 4.31 Å². The van der Waals surface area contributed by atoms with Crippen molar-refractivity contribution in [2.75, 3.05) is 10.1 Å². The van der Waals surface area contributed by atoms with E-state index in [-0.39, 0.29) is 11.8 Å². The zero-order valence-corrected chi connectivity index (χ0v) is 14.9. The van der Waals surface area contributed by atoms with Crippen molar-refractivity contribution in [3.05, 3.63) is 70.6 Å². The fraction of sp³-hybridized carbons (Fsp3) is 0.176. The van der Waals surface area contributed by atoms with Gasteiger partial charge in [0.05, 0.1) is 11.8 Å². The van der Waals surface area contributed by atoms with E-state index >= 15 is 0 Å². The lowest BCUT2D eigenvalue weighted by atomic mass is 10.2. The largest absolute Gasteiger partial charge is 0.304 e. The third-order valence-electron chi connectivity index (χ3n) is 3.52. The molecule has 1 aliphatic heterocycles. The molecule has 0 unspecified atom stereocenters. The molecule has 3 nitrogen and oxygen atoms in total. The van der Waals surface area contributed by atoms with Crippen molar-refractivity contribution in [1.82, 2.24) is 0 Å². The van der Waals surface area contributed by atoms with E-state index in [9.17, 15) is 8.42 Å². The van der Waals surface area contributed by atoms with Crippen LogP contribution in [0.1, 0.15) is 5.56 Å². The number of aryl methyl sites for hydroxylation is 1. The van der Waals surface area contributed by atoms with E-state index in [1.165, 1.54) is 22.9 Å². The summed E-state index contributed by atoms with van der Waals surface area (Å²) in [7, 11) is -3.11. The van der Waals surface area contributed by atoms with Crippen molar-refractivity contribution >= 4 is 39.1 Å². The van der Waals surface area contributed by atoms with E-state index in [2.05, 4.69) is 0 Å². The van der Waals surface area contributed by atoms with E-state index in [1.54, 1.807) is 6.08 Å². The van der Waals surface area contributed by atoms with Crippen molar-refractivity contribution in [3.63, 3.8) is 0 Å². The number of halogens is 1. The van der Waals surface area contributed by atoms with Crippen molar-refractivity contribution in [1.29, 1.82) is 0 Å². The molecule has 23 heavy (non-hydrogen) atoms. The monoisotopic (exact) mass is 365 g/mol. The first-order valence-corrected chi connectivity index (χ1v) is 10.00. The molecule has 2 aromatic carbocycles. The van der Waals surface area contributed by atoms with Crippen molar-refractivity contribution in [3.8, 4) is 0 Å². The number of hydrogen-bond donors (Lipinski definition) is 0. The molecule has 1 aliphatic rings. The number of hydrogen-bond acceptors (Lipinski definition) is 4. The Balaban J connectivity index is 1.91. The molecule has 0 amide bonds. The topological polar surface area (TPSA) is 37.4 Å². The molecule has 0 fully saturated rings. The van der Waals surface area contributed by atoms with Gasteiger partial charge in [-0.3, -0.25) is 0 Å². The lowest BCUT2D eigenvalue weighted by molar-refractivity contribution is 0.604. The maximum absolute atomic E-state index is 11.8. The minimum Gasteiger partial charge on any atom is -0.304 e. The number of rotatable bonds is 4. The third-order valence-corrected chi connectivity index (χ3v) is 6.31. The van der Waals surface area contributed by atoms with Gasteiger partial charge >= 0.3 is 0 Å². The van der Waals surface area contributed by atoms with Crippen LogP contribution in [0, 0.1) is 6.92 Å². The Bertz CT molecular complexity index is 815. The van der Waals surface area contributed by atoms with E-state index < -0.39 is 9.84 Å². The normalized spacial score (nSPS) is 19.0. The summed E-state index contributed by atoms with van der Waals surface area (Å²) in [5.74, 6) is 0.0987. The maximum atomic E-state index is 11.8. The molecule has 0 N–H and O–H groups in total. The number of anilines is 1. The van der Waals surface area contributed by atoms with E-state index in [0.29, 0.717) is 5.02 Å². The van der Waals surface area contributed by atoms with Crippen LogP contribution in [0.2, 0.25) is 5.02 Å². The second-order valence-electron chi connectivity index (χ2n) is 5.43. The van der Waals surface area contributed by atoms with Gasteiger partial charge < -0.3 is 4.31 Å². The van der Waals surface area contributed by atoms with Gasteiger partial charge in [-0.15, -0.1) is 0 Å². The van der Waals surface area contributed by atoms with Gasteiger partial charge in [0.2, 0.25) is 0 Å². The first-order valence-electron chi connectivity index (χ1n) is 7.13. The van der Waals surface area contributed by atoms with Crippen LogP contribution >= 0.6 is 23.5 Å². The summed E-state index contributed by atoms with van der Waals surface area (Å²) >= 11 is 7.45. The molecule has 0 radical (unpaired) electrons. The van der Waals surface area contributed by atoms with Gasteiger partial charge in [0.15, 0.2) is 9.84 Å². The van der Waals surface area contributed by atoms with Crippen LogP contribution in [0.4, 0.5) is 5.69 Å². The summed E-state index contributed by atoms with van der Waals surface area (Å²) in [5, 5.41) is 1.99. The molecule has 6 heteroatoms. The Hall–Kier alpha value is -1.43. The second-order valence-corrected chi connectivity index (χ2v) is 8.85. The quantitative estimate of drug-likeness (QED) is 0.749. The highest BCUT2D eigenvalue weighted by Crippen LogP contribution is 2.34. The molecule has 0 spiro atoms. The van der Waals surface area contributed by atoms with Gasteiger partial charge in [-0.2, -0.15) is 0 Å². The predicted molar refractivity (Wildman–Crippen MR) is 97.7 cm³/mol. The molecule has 1 heterocycles. The smallest absolute Gasteiger partial charge is 0.173 e. The Kier molecular flexibility index (Phi) is 4.71. The Morgan fingerprint density at radius 1 is 1.09 bits per heavy atom. The van der Waals surface area contributed by atoms with Crippen LogP contribution in [0.3, 0.4) is 0 Å². The van der Waals surface area contributed by atoms with Gasteiger partial charge in [-0.25, -0.2) is 8.42 Å². The first kappa shape index (κ1) is 16.4. The summed E-state index contributed by atoms with van der Waals surface area (Å²) < 4.78 is 25.6. The highest BCUT2D eigenvalue weighted by atomic mass is 35.5. The van der Waals surface area contributed by atoms with Crippen molar-refractivity contribution in [2.24, 2.45) is 0 Å². The van der Waals surface area contributed by atoms with E-state index in [0.717, 1.165) is 10.6 Å². The molecular formula is C17H16ClNO2S2. The van der Waals surface area contributed by atoms with E-state index in [4.69, 9.17) is 11.6 Å². The van der Waals surface area contributed by atoms with Crippen LogP contribution in [0.25, 0.3) is 0 Å². The average molecular weight is 366 g/mol. The highest BCUT2D eigenvalue weighted by Gasteiger charge is 2.28. The number of benzene rings is 2. The number of sulfone groups is 1. The maximum Gasteiger partial charge on any atom is 0.173 e. The first-order chi connectivity index (χ1) is 10.9. The Labute approximate surface area is 146 Å². The van der Waals surface area contributed by atoms with Crippen LogP contribution in [-0.4, -0.2) is 20.2 Å².